The minimum Gasteiger partial charge on any atom is -0.378 e. The van der Waals surface area contributed by atoms with E-state index < -0.39 is 6.04 Å². The van der Waals surface area contributed by atoms with Gasteiger partial charge in [0, 0.05) is 25.5 Å². The number of aromatic nitrogens is 3. The van der Waals surface area contributed by atoms with Crippen LogP contribution in [0.3, 0.4) is 0 Å². The van der Waals surface area contributed by atoms with E-state index in [0.717, 1.165) is 5.69 Å². The van der Waals surface area contributed by atoms with Gasteiger partial charge in [-0.1, -0.05) is 31.2 Å². The first-order valence-electron chi connectivity index (χ1n) is 8.81. The lowest BCUT2D eigenvalue weighted by atomic mass is 10.0. The first-order valence-corrected chi connectivity index (χ1v) is 8.81. The first kappa shape index (κ1) is 18.6. The van der Waals surface area contributed by atoms with Gasteiger partial charge < -0.3 is 10.2 Å². The van der Waals surface area contributed by atoms with Gasteiger partial charge in [0.1, 0.15) is 11.6 Å². The quantitative estimate of drug-likeness (QED) is 0.752. The third-order valence-corrected chi connectivity index (χ3v) is 4.41. The Morgan fingerprint density at radius 1 is 1.07 bits per heavy atom. The van der Waals surface area contributed by atoms with Crippen molar-refractivity contribution in [2.45, 2.75) is 19.9 Å². The monoisotopic (exact) mass is 365 g/mol. The molecule has 7 nitrogen and oxygen atoms in total. The summed E-state index contributed by atoms with van der Waals surface area (Å²) in [5, 5.41) is 11.4. The van der Waals surface area contributed by atoms with Crippen molar-refractivity contribution in [3.8, 4) is 0 Å². The molecular formula is C20H23N5O2. The molecule has 0 aliphatic carbocycles. The molecule has 0 saturated carbocycles. The Morgan fingerprint density at radius 2 is 1.74 bits per heavy atom. The fourth-order valence-corrected chi connectivity index (χ4v) is 2.94. The standard InChI is InChI=1S/C20H23N5O2/c1-13(2)18(19(26)21-14-9-11-15(12-10-14)24(3)4)25-20(27)16-7-5-6-8-17(16)22-23-25/h5-13,18H,1-4H3,(H,21,26)/t18-/m1/s1. The van der Waals surface area contributed by atoms with Crippen molar-refractivity contribution in [2.75, 3.05) is 24.3 Å². The van der Waals surface area contributed by atoms with Crippen LogP contribution < -0.4 is 15.8 Å². The van der Waals surface area contributed by atoms with Crippen LogP contribution in [0.4, 0.5) is 11.4 Å². The van der Waals surface area contributed by atoms with Gasteiger partial charge in [0.2, 0.25) is 5.91 Å². The Hall–Kier alpha value is -3.22. The fraction of sp³-hybridized carbons (Fsp3) is 0.300. The topological polar surface area (TPSA) is 80.1 Å². The molecule has 0 fully saturated rings. The lowest BCUT2D eigenvalue weighted by Crippen LogP contribution is -2.38. The molecule has 0 unspecified atom stereocenters. The van der Waals surface area contributed by atoms with Gasteiger partial charge >= 0.3 is 0 Å². The average molecular weight is 365 g/mol. The predicted octanol–water partition coefficient (Wildman–Crippen LogP) is 2.69. The third kappa shape index (κ3) is 3.81. The van der Waals surface area contributed by atoms with E-state index in [9.17, 15) is 9.59 Å². The van der Waals surface area contributed by atoms with Crippen LogP contribution in [0.15, 0.2) is 53.3 Å². The number of nitrogens with one attached hydrogen (secondary N) is 1. The third-order valence-electron chi connectivity index (χ3n) is 4.41. The number of hydrogen-bond acceptors (Lipinski definition) is 5. The lowest BCUT2D eigenvalue weighted by molar-refractivity contribution is -0.120. The van der Waals surface area contributed by atoms with Crippen molar-refractivity contribution in [3.63, 3.8) is 0 Å². The first-order chi connectivity index (χ1) is 12.9. The molecule has 3 aromatic rings. The summed E-state index contributed by atoms with van der Waals surface area (Å²) < 4.78 is 1.18. The van der Waals surface area contributed by atoms with Crippen LogP contribution in [0.2, 0.25) is 0 Å². The van der Waals surface area contributed by atoms with E-state index in [1.807, 2.05) is 57.1 Å². The summed E-state index contributed by atoms with van der Waals surface area (Å²) in [5.41, 5.74) is 1.89. The zero-order chi connectivity index (χ0) is 19.6. The van der Waals surface area contributed by atoms with Crippen LogP contribution in [-0.2, 0) is 4.79 Å². The number of amides is 1. The zero-order valence-electron chi connectivity index (χ0n) is 15.9. The largest absolute Gasteiger partial charge is 0.378 e. The van der Waals surface area contributed by atoms with Gasteiger partial charge in [-0.25, -0.2) is 0 Å². The highest BCUT2D eigenvalue weighted by atomic mass is 16.2. The van der Waals surface area contributed by atoms with Crippen molar-refractivity contribution in [1.29, 1.82) is 0 Å². The molecule has 3 rings (SSSR count). The van der Waals surface area contributed by atoms with Crippen LogP contribution in [-0.4, -0.2) is 35.0 Å². The van der Waals surface area contributed by atoms with E-state index in [1.165, 1.54) is 4.68 Å². The summed E-state index contributed by atoms with van der Waals surface area (Å²) in [5.74, 6) is -0.437. The maximum Gasteiger partial charge on any atom is 0.278 e. The van der Waals surface area contributed by atoms with Crippen LogP contribution in [0.1, 0.15) is 19.9 Å². The Labute approximate surface area is 157 Å². The highest BCUT2D eigenvalue weighted by Gasteiger charge is 2.27. The fourth-order valence-electron chi connectivity index (χ4n) is 2.94. The summed E-state index contributed by atoms with van der Waals surface area (Å²) >= 11 is 0. The lowest BCUT2D eigenvalue weighted by Gasteiger charge is -2.21. The minimum atomic E-state index is -0.761. The van der Waals surface area contributed by atoms with Crippen LogP contribution in [0.5, 0.6) is 0 Å². The number of nitrogens with zero attached hydrogens (tertiary/aromatic N) is 4. The van der Waals surface area contributed by atoms with E-state index in [-0.39, 0.29) is 17.4 Å². The minimum absolute atomic E-state index is 0.140. The molecule has 0 bridgehead atoms. The molecule has 27 heavy (non-hydrogen) atoms. The van der Waals surface area contributed by atoms with Crippen LogP contribution in [0, 0.1) is 5.92 Å². The summed E-state index contributed by atoms with van der Waals surface area (Å²) in [4.78, 5) is 27.7. The number of carbonyl (C=O) groups is 1. The van der Waals surface area contributed by atoms with Crippen molar-refractivity contribution in [3.05, 3.63) is 58.9 Å². The maximum absolute atomic E-state index is 12.9. The molecule has 7 heteroatoms. The van der Waals surface area contributed by atoms with E-state index in [0.29, 0.717) is 16.6 Å². The Morgan fingerprint density at radius 3 is 2.37 bits per heavy atom. The summed E-state index contributed by atoms with van der Waals surface area (Å²) in [7, 11) is 3.90. The molecule has 1 aromatic heterocycles. The van der Waals surface area contributed by atoms with Crippen molar-refractivity contribution < 1.29 is 4.79 Å². The molecule has 0 saturated heterocycles. The Balaban J connectivity index is 1.92. The molecule has 1 heterocycles. The van der Waals surface area contributed by atoms with Gasteiger partial charge in [-0.15, -0.1) is 5.10 Å². The van der Waals surface area contributed by atoms with E-state index in [4.69, 9.17) is 0 Å². The van der Waals surface area contributed by atoms with Crippen LogP contribution in [0.25, 0.3) is 10.9 Å². The molecular weight excluding hydrogens is 342 g/mol. The molecule has 0 aliphatic heterocycles. The summed E-state index contributed by atoms with van der Waals surface area (Å²) in [6.07, 6.45) is 0. The summed E-state index contributed by atoms with van der Waals surface area (Å²) in [6, 6.07) is 13.7. The molecule has 1 amide bonds. The van der Waals surface area contributed by atoms with E-state index >= 15 is 0 Å². The van der Waals surface area contributed by atoms with Crippen molar-refractivity contribution >= 4 is 28.2 Å². The van der Waals surface area contributed by atoms with Crippen molar-refractivity contribution in [2.24, 2.45) is 5.92 Å². The second kappa shape index (κ2) is 7.57. The summed E-state index contributed by atoms with van der Waals surface area (Å²) in [6.45, 7) is 3.76. The Kier molecular flexibility index (Phi) is 5.21. The van der Waals surface area contributed by atoms with E-state index in [2.05, 4.69) is 15.6 Å². The Bertz CT molecular complexity index is 1010. The molecule has 1 N–H and O–H groups in total. The zero-order valence-corrected chi connectivity index (χ0v) is 15.9. The van der Waals surface area contributed by atoms with E-state index in [1.54, 1.807) is 24.3 Å². The van der Waals surface area contributed by atoms with Gasteiger partial charge in [0.05, 0.1) is 5.39 Å². The highest BCUT2D eigenvalue weighted by molar-refractivity contribution is 5.94. The molecule has 0 spiro atoms. The number of benzene rings is 2. The highest BCUT2D eigenvalue weighted by Crippen LogP contribution is 2.20. The second-order valence-corrected chi connectivity index (χ2v) is 6.98. The molecule has 0 aliphatic rings. The normalized spacial score (nSPS) is 12.2. The number of rotatable bonds is 5. The van der Waals surface area contributed by atoms with Gasteiger partial charge in [0.15, 0.2) is 0 Å². The van der Waals surface area contributed by atoms with Gasteiger partial charge in [-0.2, -0.15) is 4.68 Å². The van der Waals surface area contributed by atoms with Gasteiger partial charge in [-0.3, -0.25) is 9.59 Å². The van der Waals surface area contributed by atoms with Gasteiger partial charge in [0.25, 0.3) is 5.56 Å². The van der Waals surface area contributed by atoms with Crippen molar-refractivity contribution in [1.82, 2.24) is 15.0 Å². The average Bonchev–Trinajstić information content (AvgIpc) is 2.64. The molecule has 2 aromatic carbocycles. The number of fused-ring (bicyclic) bond motifs is 1. The smallest absolute Gasteiger partial charge is 0.278 e. The maximum atomic E-state index is 12.9. The number of carbonyl (C=O) groups excluding carboxylic acids is 1. The SMILES string of the molecule is CC(C)[C@H](C(=O)Nc1ccc(N(C)C)cc1)n1nnc2ccccc2c1=O. The van der Waals surface area contributed by atoms with Gasteiger partial charge in [-0.05, 0) is 42.3 Å². The van der Waals surface area contributed by atoms with Crippen LogP contribution >= 0.6 is 0 Å². The molecule has 140 valence electrons. The number of hydrogen-bond donors (Lipinski definition) is 1. The molecule has 1 atom stereocenters. The predicted molar refractivity (Wildman–Crippen MR) is 107 cm³/mol. The number of anilines is 2. The second-order valence-electron chi connectivity index (χ2n) is 6.98. The molecule has 0 radical (unpaired) electrons.